The molecule has 0 radical (unpaired) electrons. The van der Waals surface area contributed by atoms with E-state index in [1.807, 2.05) is 12.1 Å². The summed E-state index contributed by atoms with van der Waals surface area (Å²) in [7, 11) is 1.58. The molecular weight excluding hydrogens is 244 g/mol. The summed E-state index contributed by atoms with van der Waals surface area (Å²) in [5, 5.41) is 11.7. The molecule has 0 spiro atoms. The lowest BCUT2D eigenvalue weighted by molar-refractivity contribution is -0.120. The van der Waals surface area contributed by atoms with Gasteiger partial charge in [-0.05, 0) is 12.1 Å². The van der Waals surface area contributed by atoms with E-state index in [-0.39, 0.29) is 18.2 Å². The highest BCUT2D eigenvalue weighted by Crippen LogP contribution is 2.28. The zero-order valence-electron chi connectivity index (χ0n) is 10.9. The molecule has 1 aliphatic rings. The molecule has 0 unspecified atom stereocenters. The first-order chi connectivity index (χ1) is 9.22. The fourth-order valence-corrected chi connectivity index (χ4v) is 1.97. The van der Waals surface area contributed by atoms with Gasteiger partial charge in [0.15, 0.2) is 0 Å². The van der Waals surface area contributed by atoms with Crippen LogP contribution in [0.5, 0.6) is 0 Å². The number of hydrogen-bond donors (Lipinski definition) is 4. The lowest BCUT2D eigenvalue weighted by Crippen LogP contribution is -2.30. The predicted octanol–water partition coefficient (Wildman–Crippen LogP) is 0.390. The van der Waals surface area contributed by atoms with Crippen LogP contribution in [0.4, 0.5) is 11.4 Å². The fraction of sp³-hybridized carbons (Fsp3) is 0.385. The third-order valence-corrected chi connectivity index (χ3v) is 2.97. The fourth-order valence-electron chi connectivity index (χ4n) is 1.97. The molecule has 0 aliphatic carbocycles. The molecule has 102 valence electrons. The van der Waals surface area contributed by atoms with Gasteiger partial charge in [-0.25, -0.2) is 0 Å². The van der Waals surface area contributed by atoms with E-state index in [9.17, 15) is 9.59 Å². The van der Waals surface area contributed by atoms with Crippen LogP contribution in [-0.2, 0) is 4.79 Å². The summed E-state index contributed by atoms with van der Waals surface area (Å²) in [4.78, 5) is 23.2. The van der Waals surface area contributed by atoms with Crippen molar-refractivity contribution in [3.8, 4) is 0 Å². The molecule has 0 atom stereocenters. The Hall–Kier alpha value is -2.24. The first-order valence-corrected chi connectivity index (χ1v) is 6.32. The van der Waals surface area contributed by atoms with E-state index in [0.717, 1.165) is 24.5 Å². The van der Waals surface area contributed by atoms with Gasteiger partial charge in [0.25, 0.3) is 5.91 Å². The van der Waals surface area contributed by atoms with E-state index in [4.69, 9.17) is 0 Å². The second kappa shape index (κ2) is 6.08. The lowest BCUT2D eigenvalue weighted by Gasteiger charge is -2.22. The van der Waals surface area contributed by atoms with Gasteiger partial charge < -0.3 is 21.3 Å². The number of amides is 2. The summed E-state index contributed by atoms with van der Waals surface area (Å²) < 4.78 is 0. The van der Waals surface area contributed by atoms with Gasteiger partial charge in [-0.15, -0.1) is 0 Å². The molecule has 0 saturated carbocycles. The molecule has 0 fully saturated rings. The summed E-state index contributed by atoms with van der Waals surface area (Å²) in [6.45, 7) is 1.96. The molecule has 1 aromatic carbocycles. The van der Waals surface area contributed by atoms with Crippen LogP contribution in [0.1, 0.15) is 16.8 Å². The van der Waals surface area contributed by atoms with Crippen molar-refractivity contribution in [3.63, 3.8) is 0 Å². The molecule has 19 heavy (non-hydrogen) atoms. The Morgan fingerprint density at radius 2 is 2.05 bits per heavy atom. The number of rotatable bonds is 4. The smallest absolute Gasteiger partial charge is 0.253 e. The quantitative estimate of drug-likeness (QED) is 0.632. The summed E-state index contributed by atoms with van der Waals surface area (Å²) in [6.07, 6.45) is 0.281. The number of benzene rings is 1. The molecule has 1 heterocycles. The monoisotopic (exact) mass is 262 g/mol. The van der Waals surface area contributed by atoms with Crippen molar-refractivity contribution >= 4 is 23.2 Å². The molecule has 4 N–H and O–H groups in total. The topological polar surface area (TPSA) is 82.3 Å². The minimum absolute atomic E-state index is 0.0878. The number of carbonyl (C=O) groups excluding carboxylic acids is 2. The van der Waals surface area contributed by atoms with E-state index in [0.29, 0.717) is 12.1 Å². The maximum absolute atomic E-state index is 12.1. The molecule has 0 aromatic heterocycles. The number of fused-ring (bicyclic) bond motifs is 1. The molecule has 6 nitrogen and oxygen atoms in total. The van der Waals surface area contributed by atoms with Crippen LogP contribution in [0.3, 0.4) is 0 Å². The summed E-state index contributed by atoms with van der Waals surface area (Å²) in [5.74, 6) is -0.257. The Balaban J connectivity index is 2.01. The Bertz CT molecular complexity index is 488. The standard InChI is InChI=1S/C13H18N4O2/c1-14-11(18)5-6-17-13(19)9-3-2-4-10-12(9)16-8-7-15-10/h2-4,15-16H,5-8H2,1H3,(H,14,18)(H,17,19). The maximum Gasteiger partial charge on any atom is 0.253 e. The van der Waals surface area contributed by atoms with Gasteiger partial charge in [-0.2, -0.15) is 0 Å². The van der Waals surface area contributed by atoms with Gasteiger partial charge in [-0.1, -0.05) is 6.07 Å². The van der Waals surface area contributed by atoms with E-state index in [1.165, 1.54) is 0 Å². The van der Waals surface area contributed by atoms with Crippen LogP contribution in [0.2, 0.25) is 0 Å². The van der Waals surface area contributed by atoms with Crippen LogP contribution >= 0.6 is 0 Å². The molecular formula is C13H18N4O2. The zero-order valence-corrected chi connectivity index (χ0v) is 10.9. The Morgan fingerprint density at radius 1 is 1.26 bits per heavy atom. The second-order valence-corrected chi connectivity index (χ2v) is 4.26. The minimum Gasteiger partial charge on any atom is -0.382 e. The van der Waals surface area contributed by atoms with E-state index in [2.05, 4.69) is 21.3 Å². The maximum atomic E-state index is 12.1. The molecule has 2 amide bonds. The molecule has 1 aliphatic heterocycles. The van der Waals surface area contributed by atoms with Crippen LogP contribution in [0.25, 0.3) is 0 Å². The highest BCUT2D eigenvalue weighted by atomic mass is 16.2. The molecule has 2 rings (SSSR count). The van der Waals surface area contributed by atoms with Gasteiger partial charge in [-0.3, -0.25) is 9.59 Å². The number of hydrogen-bond acceptors (Lipinski definition) is 4. The van der Waals surface area contributed by atoms with Crippen molar-refractivity contribution < 1.29 is 9.59 Å². The Kier molecular flexibility index (Phi) is 4.22. The van der Waals surface area contributed by atoms with Crippen molar-refractivity contribution in [2.24, 2.45) is 0 Å². The first-order valence-electron chi connectivity index (χ1n) is 6.32. The average Bonchev–Trinajstić information content (AvgIpc) is 2.46. The van der Waals surface area contributed by atoms with E-state index >= 15 is 0 Å². The van der Waals surface area contributed by atoms with Crippen molar-refractivity contribution in [1.29, 1.82) is 0 Å². The Labute approximate surface area is 112 Å². The third-order valence-electron chi connectivity index (χ3n) is 2.97. The first kappa shape index (κ1) is 13.2. The van der Waals surface area contributed by atoms with Gasteiger partial charge in [0.05, 0.1) is 16.9 Å². The molecule has 1 aromatic rings. The molecule has 0 bridgehead atoms. The summed E-state index contributed by atoms with van der Waals surface area (Å²) in [5.41, 5.74) is 2.36. The van der Waals surface area contributed by atoms with Gasteiger partial charge in [0.2, 0.25) is 5.91 Å². The minimum atomic E-state index is -0.169. The zero-order chi connectivity index (χ0) is 13.7. The number of anilines is 2. The third kappa shape index (κ3) is 3.15. The number of carbonyl (C=O) groups is 2. The Morgan fingerprint density at radius 3 is 2.84 bits per heavy atom. The van der Waals surface area contributed by atoms with Gasteiger partial charge >= 0.3 is 0 Å². The van der Waals surface area contributed by atoms with Crippen LogP contribution in [0.15, 0.2) is 18.2 Å². The lowest BCUT2D eigenvalue weighted by atomic mass is 10.1. The number of nitrogens with one attached hydrogen (secondary N) is 4. The van der Waals surface area contributed by atoms with Crippen molar-refractivity contribution in [1.82, 2.24) is 10.6 Å². The summed E-state index contributed by atoms with van der Waals surface area (Å²) in [6, 6.07) is 5.54. The second-order valence-electron chi connectivity index (χ2n) is 4.26. The van der Waals surface area contributed by atoms with E-state index < -0.39 is 0 Å². The predicted molar refractivity (Wildman–Crippen MR) is 74.4 cm³/mol. The average molecular weight is 262 g/mol. The molecule has 6 heteroatoms. The molecule has 0 saturated heterocycles. The highest BCUT2D eigenvalue weighted by Gasteiger charge is 2.16. The van der Waals surface area contributed by atoms with Gasteiger partial charge in [0, 0.05) is 33.1 Å². The van der Waals surface area contributed by atoms with Crippen molar-refractivity contribution in [2.45, 2.75) is 6.42 Å². The van der Waals surface area contributed by atoms with Gasteiger partial charge in [0.1, 0.15) is 0 Å². The largest absolute Gasteiger partial charge is 0.382 e. The van der Waals surface area contributed by atoms with Crippen LogP contribution in [0, 0.1) is 0 Å². The van der Waals surface area contributed by atoms with Crippen molar-refractivity contribution in [3.05, 3.63) is 23.8 Å². The highest BCUT2D eigenvalue weighted by molar-refractivity contribution is 6.02. The SMILES string of the molecule is CNC(=O)CCNC(=O)c1cccc2c1NCCN2. The summed E-state index contributed by atoms with van der Waals surface area (Å²) >= 11 is 0. The van der Waals surface area contributed by atoms with Crippen molar-refractivity contribution in [2.75, 3.05) is 37.3 Å². The number of para-hydroxylation sites is 1. The van der Waals surface area contributed by atoms with Crippen LogP contribution < -0.4 is 21.3 Å². The van der Waals surface area contributed by atoms with Crippen LogP contribution in [-0.4, -0.2) is 38.5 Å². The normalized spacial score (nSPS) is 12.7. The van der Waals surface area contributed by atoms with E-state index in [1.54, 1.807) is 13.1 Å².